The van der Waals surface area contributed by atoms with E-state index in [1.807, 2.05) is 36.4 Å². The van der Waals surface area contributed by atoms with Gasteiger partial charge in [-0.3, -0.25) is 16.7 Å². The van der Waals surface area contributed by atoms with Gasteiger partial charge in [0.05, 0.1) is 48.0 Å². The molecule has 4 unspecified atom stereocenters. The third-order valence-corrected chi connectivity index (χ3v) is 17.9. The largest absolute Gasteiger partial charge is 0.297 e. The lowest BCUT2D eigenvalue weighted by Gasteiger charge is -2.32. The van der Waals surface area contributed by atoms with E-state index in [2.05, 4.69) is 55.4 Å². The highest BCUT2D eigenvalue weighted by atomic mass is 32.2. The van der Waals surface area contributed by atoms with Crippen LogP contribution in [0.4, 0.5) is 0 Å². The van der Waals surface area contributed by atoms with E-state index < -0.39 is 40.5 Å². The molecule has 0 radical (unpaired) electrons. The molecule has 12 nitrogen and oxygen atoms in total. The molecular weight excluding hydrogens is 921 g/mol. The summed E-state index contributed by atoms with van der Waals surface area (Å²) in [6.07, 6.45) is 3.26. The minimum absolute atomic E-state index is 0.00696. The van der Waals surface area contributed by atoms with Crippen molar-refractivity contribution in [1.82, 2.24) is 0 Å². The Balaban J connectivity index is 1.93. The average molecular weight is 991 g/mol. The molecule has 16 heteroatoms. The third-order valence-electron chi connectivity index (χ3n) is 12.7. The molecule has 0 amide bonds. The Morgan fingerprint density at radius 1 is 0.364 bits per heavy atom. The molecule has 66 heavy (non-hydrogen) atoms. The van der Waals surface area contributed by atoms with Gasteiger partial charge in [0.2, 0.25) is 0 Å². The first-order chi connectivity index (χ1) is 30.8. The average Bonchev–Trinajstić information content (AvgIpc) is 3.28. The van der Waals surface area contributed by atoms with Crippen molar-refractivity contribution >= 4 is 40.5 Å². The summed E-state index contributed by atoms with van der Waals surface area (Å²) in [4.78, 5) is 0.225. The van der Waals surface area contributed by atoms with Crippen molar-refractivity contribution in [3.05, 3.63) is 119 Å². The maximum atomic E-state index is 14.2. The lowest BCUT2D eigenvalue weighted by Crippen LogP contribution is -2.20. The molecule has 0 aromatic heterocycles. The van der Waals surface area contributed by atoms with Crippen molar-refractivity contribution in [2.45, 2.75) is 137 Å². The van der Waals surface area contributed by atoms with Crippen LogP contribution >= 0.6 is 0 Å². The van der Waals surface area contributed by atoms with Crippen LogP contribution in [0, 0.1) is 23.7 Å². The van der Waals surface area contributed by atoms with Crippen LogP contribution in [0.15, 0.2) is 111 Å². The van der Waals surface area contributed by atoms with Crippen LogP contribution < -0.4 is 0 Å². The van der Waals surface area contributed by atoms with E-state index in [0.29, 0.717) is 24.8 Å². The van der Waals surface area contributed by atoms with Crippen molar-refractivity contribution in [2.24, 2.45) is 23.7 Å². The summed E-state index contributed by atoms with van der Waals surface area (Å²) in [5.74, 6) is -0.0510. The van der Waals surface area contributed by atoms with Crippen molar-refractivity contribution in [3.8, 4) is 0 Å². The summed E-state index contributed by atoms with van der Waals surface area (Å²) < 4.78 is 123. The molecule has 4 aromatic rings. The fraction of sp³-hybridized carbons (Fsp3) is 0.520. The fourth-order valence-corrected chi connectivity index (χ4v) is 12.1. The van der Waals surface area contributed by atoms with E-state index in [-0.39, 0.29) is 72.8 Å². The number of hydrogen-bond acceptors (Lipinski definition) is 12. The second-order valence-corrected chi connectivity index (χ2v) is 25.6. The van der Waals surface area contributed by atoms with Gasteiger partial charge in [0.15, 0.2) is 0 Å². The summed E-state index contributed by atoms with van der Waals surface area (Å²) in [5.41, 5.74) is 4.22. The number of benzene rings is 4. The third kappa shape index (κ3) is 14.1. The minimum Gasteiger partial charge on any atom is -0.270 e. The molecule has 366 valence electrons. The molecule has 0 fully saturated rings. The summed E-state index contributed by atoms with van der Waals surface area (Å²) in [6, 6.07) is 25.9. The molecule has 0 aliphatic rings. The van der Waals surface area contributed by atoms with Crippen LogP contribution in [0.1, 0.15) is 145 Å². The second-order valence-electron chi connectivity index (χ2n) is 18.7. The van der Waals surface area contributed by atoms with Crippen LogP contribution in [0.2, 0.25) is 0 Å². The summed E-state index contributed by atoms with van der Waals surface area (Å²) in [5, 5.41) is 0. The molecule has 0 N–H and O–H groups in total. The van der Waals surface area contributed by atoms with Crippen LogP contribution in [0.3, 0.4) is 0 Å². The van der Waals surface area contributed by atoms with E-state index >= 15 is 0 Å². The van der Waals surface area contributed by atoms with Crippen LogP contribution in [-0.4, -0.2) is 62.1 Å². The Hall–Kier alpha value is -3.48. The molecular formula is C50H70O12S4. The first-order valence-electron chi connectivity index (χ1n) is 22.5. The second kappa shape index (κ2) is 23.2. The zero-order chi connectivity index (χ0) is 49.4. The van der Waals surface area contributed by atoms with Gasteiger partial charge in [0.25, 0.3) is 40.5 Å². The van der Waals surface area contributed by atoms with E-state index in [0.717, 1.165) is 56.4 Å². The van der Waals surface area contributed by atoms with Gasteiger partial charge in [-0.1, -0.05) is 104 Å². The molecule has 0 aliphatic carbocycles. The predicted molar refractivity (Wildman–Crippen MR) is 259 cm³/mol. The summed E-state index contributed by atoms with van der Waals surface area (Å²) >= 11 is 0. The van der Waals surface area contributed by atoms with Crippen LogP contribution in [0.25, 0.3) is 0 Å². The molecule has 0 spiro atoms. The maximum Gasteiger partial charge on any atom is 0.297 e. The molecule has 0 saturated heterocycles. The SMILES string of the molecule is COS(=O)(=O)c1ccc(C(CC(C)C)CC(CC(CC(C)C)c2ccc(S(=O)(=O)OC)cc2)c2ccc(C(CC(c3ccc(S(=O)(=O)OC)cc3)C(C)C)C(C)C)c(S(=O)(=O)OC)c2)cc1. The van der Waals surface area contributed by atoms with Gasteiger partial charge >= 0.3 is 0 Å². The van der Waals surface area contributed by atoms with E-state index in [1.54, 1.807) is 42.5 Å². The highest BCUT2D eigenvalue weighted by molar-refractivity contribution is 7.87. The molecule has 0 heterocycles. The van der Waals surface area contributed by atoms with Crippen molar-refractivity contribution in [1.29, 1.82) is 0 Å². The van der Waals surface area contributed by atoms with Crippen molar-refractivity contribution < 1.29 is 50.4 Å². The van der Waals surface area contributed by atoms with Gasteiger partial charge in [0, 0.05) is 0 Å². The summed E-state index contributed by atoms with van der Waals surface area (Å²) in [6.45, 7) is 16.8. The van der Waals surface area contributed by atoms with Gasteiger partial charge in [-0.15, -0.1) is 0 Å². The van der Waals surface area contributed by atoms with Crippen LogP contribution in [0.5, 0.6) is 0 Å². The Morgan fingerprint density at radius 3 is 1.00 bits per heavy atom. The van der Waals surface area contributed by atoms with E-state index in [1.165, 1.54) is 19.2 Å². The Kier molecular flexibility index (Phi) is 19.4. The smallest absolute Gasteiger partial charge is 0.270 e. The molecule has 4 aromatic carbocycles. The minimum atomic E-state index is -4.27. The maximum absolute atomic E-state index is 14.2. The first kappa shape index (κ1) is 55.1. The lowest BCUT2D eigenvalue weighted by atomic mass is 9.73. The number of hydrogen-bond donors (Lipinski definition) is 0. The normalized spacial score (nSPS) is 15.3. The zero-order valence-corrected chi connectivity index (χ0v) is 43.7. The molecule has 0 saturated carbocycles. The molecule has 0 aliphatic heterocycles. The standard InChI is InChI=1S/C50H70O12S4/c1-33(2)27-41(37-13-20-44(21-14-37)63(51,52)59-9)29-43(30-42(28-34(3)4)38-15-22-45(23-16-38)64(53,54)60-10)40-19-26-47(50(31-40)66(57,58)62-12)49(36(7)8)32-48(35(5)6)39-17-24-46(25-18-39)65(55,56)61-11/h13-26,31,33-36,41-43,48-49H,27-30,32H2,1-12H3. The van der Waals surface area contributed by atoms with Gasteiger partial charge < -0.3 is 0 Å². The highest BCUT2D eigenvalue weighted by Gasteiger charge is 2.33. The predicted octanol–water partition coefficient (Wildman–Crippen LogP) is 11.1. The monoisotopic (exact) mass is 990 g/mol. The van der Waals surface area contributed by atoms with Gasteiger partial charge in [-0.05, 0) is 156 Å². The topological polar surface area (TPSA) is 173 Å². The number of rotatable bonds is 25. The highest BCUT2D eigenvalue weighted by Crippen LogP contribution is 2.46. The van der Waals surface area contributed by atoms with Crippen molar-refractivity contribution in [2.75, 3.05) is 28.4 Å². The van der Waals surface area contributed by atoms with Gasteiger partial charge in [-0.25, -0.2) is 0 Å². The van der Waals surface area contributed by atoms with E-state index in [4.69, 9.17) is 16.7 Å². The first-order valence-corrected chi connectivity index (χ1v) is 28.1. The lowest BCUT2D eigenvalue weighted by molar-refractivity contribution is 0.365. The fourth-order valence-electron chi connectivity index (χ4n) is 9.16. The quantitative estimate of drug-likeness (QED) is 0.0576. The Morgan fingerprint density at radius 2 is 0.682 bits per heavy atom. The molecule has 4 atom stereocenters. The van der Waals surface area contributed by atoms with Gasteiger partial charge in [-0.2, -0.15) is 33.7 Å². The Bertz CT molecular complexity index is 2550. The zero-order valence-electron chi connectivity index (χ0n) is 40.4. The summed E-state index contributed by atoms with van der Waals surface area (Å²) in [7, 11) is -11.5. The van der Waals surface area contributed by atoms with Crippen LogP contribution in [-0.2, 0) is 57.2 Å². The van der Waals surface area contributed by atoms with Gasteiger partial charge in [0.1, 0.15) is 0 Å². The van der Waals surface area contributed by atoms with Crippen molar-refractivity contribution in [3.63, 3.8) is 0 Å². The molecule has 4 rings (SSSR count). The molecule has 0 bridgehead atoms. The Labute approximate surface area is 396 Å². The van der Waals surface area contributed by atoms with E-state index in [9.17, 15) is 33.7 Å².